The summed E-state index contributed by atoms with van der Waals surface area (Å²) >= 11 is 0. The second-order valence-corrected chi connectivity index (χ2v) is 13.3. The molecule has 4 heteroatoms. The van der Waals surface area contributed by atoms with Crippen LogP contribution >= 0.6 is 0 Å². The first-order valence-corrected chi connectivity index (χ1v) is 13.2. The highest BCUT2D eigenvalue weighted by molar-refractivity contribution is 5.79. The van der Waals surface area contributed by atoms with Crippen LogP contribution in [0, 0.1) is 6.92 Å². The van der Waals surface area contributed by atoms with E-state index in [-0.39, 0.29) is 22.2 Å². The van der Waals surface area contributed by atoms with Gasteiger partial charge in [0.25, 0.3) is 0 Å². The van der Waals surface area contributed by atoms with Gasteiger partial charge in [-0.05, 0) is 119 Å². The van der Waals surface area contributed by atoms with Crippen LogP contribution in [0.1, 0.15) is 99.5 Å². The highest BCUT2D eigenvalue weighted by Crippen LogP contribution is 2.48. The molecule has 4 rings (SSSR count). The SMILES string of the molecule is Cc1cc(N2C(C)(C)CCCC2(C)C)nc(N2C(C)(C)CCCC2(C)C)c1-c1cccc[n+]1C. The van der Waals surface area contributed by atoms with Gasteiger partial charge in [-0.2, -0.15) is 0 Å². The van der Waals surface area contributed by atoms with Crippen LogP contribution in [-0.4, -0.2) is 27.1 Å². The van der Waals surface area contributed by atoms with E-state index < -0.39 is 0 Å². The highest BCUT2D eigenvalue weighted by atomic mass is 15.3. The lowest BCUT2D eigenvalue weighted by Gasteiger charge is -2.56. The number of pyridine rings is 2. The third-order valence-corrected chi connectivity index (χ3v) is 8.51. The van der Waals surface area contributed by atoms with Crippen molar-refractivity contribution in [2.24, 2.45) is 7.05 Å². The third-order valence-electron chi connectivity index (χ3n) is 8.51. The molecule has 0 amide bonds. The second kappa shape index (κ2) is 8.24. The van der Waals surface area contributed by atoms with Gasteiger partial charge in [-0.15, -0.1) is 0 Å². The molecule has 0 N–H and O–H groups in total. The molecule has 2 aliphatic heterocycles. The highest BCUT2D eigenvalue weighted by Gasteiger charge is 2.46. The zero-order valence-electron chi connectivity index (χ0n) is 23.4. The number of piperidine rings is 2. The van der Waals surface area contributed by atoms with Gasteiger partial charge in [-0.25, -0.2) is 9.55 Å². The van der Waals surface area contributed by atoms with E-state index in [4.69, 9.17) is 4.98 Å². The summed E-state index contributed by atoms with van der Waals surface area (Å²) in [4.78, 5) is 10.9. The molecule has 0 spiro atoms. The number of aromatic nitrogens is 2. The average molecular weight is 464 g/mol. The molecular weight excluding hydrogens is 416 g/mol. The fourth-order valence-corrected chi connectivity index (χ4v) is 7.20. The maximum Gasteiger partial charge on any atom is 0.216 e. The smallest absolute Gasteiger partial charge is 0.216 e. The Labute approximate surface area is 208 Å². The monoisotopic (exact) mass is 463 g/mol. The van der Waals surface area contributed by atoms with Crippen molar-refractivity contribution in [3.05, 3.63) is 36.0 Å². The van der Waals surface area contributed by atoms with Gasteiger partial charge in [0.15, 0.2) is 6.20 Å². The molecular formula is C30H47N4+. The fraction of sp³-hybridized carbons (Fsp3) is 0.667. The largest absolute Gasteiger partial charge is 0.346 e. The summed E-state index contributed by atoms with van der Waals surface area (Å²) in [6.07, 6.45) is 9.44. The summed E-state index contributed by atoms with van der Waals surface area (Å²) in [6, 6.07) is 8.85. The van der Waals surface area contributed by atoms with E-state index in [1.807, 2.05) is 0 Å². The van der Waals surface area contributed by atoms with Crippen LogP contribution in [0.3, 0.4) is 0 Å². The molecule has 0 saturated carbocycles. The maximum atomic E-state index is 5.62. The summed E-state index contributed by atoms with van der Waals surface area (Å²) in [5.74, 6) is 2.27. The minimum Gasteiger partial charge on any atom is -0.346 e. The predicted molar refractivity (Wildman–Crippen MR) is 145 cm³/mol. The topological polar surface area (TPSA) is 23.3 Å². The van der Waals surface area contributed by atoms with Crippen LogP contribution in [0.25, 0.3) is 11.3 Å². The Balaban J connectivity index is 2.03. The van der Waals surface area contributed by atoms with Gasteiger partial charge in [-0.3, -0.25) is 0 Å². The average Bonchev–Trinajstić information content (AvgIpc) is 2.66. The number of anilines is 2. The van der Waals surface area contributed by atoms with E-state index in [9.17, 15) is 0 Å². The molecule has 4 heterocycles. The Morgan fingerprint density at radius 1 is 0.765 bits per heavy atom. The molecule has 0 aromatic carbocycles. The van der Waals surface area contributed by atoms with Gasteiger partial charge >= 0.3 is 0 Å². The zero-order valence-corrected chi connectivity index (χ0v) is 23.4. The molecule has 2 aromatic heterocycles. The van der Waals surface area contributed by atoms with Crippen LogP contribution in [-0.2, 0) is 7.05 Å². The van der Waals surface area contributed by atoms with E-state index in [1.54, 1.807) is 0 Å². The normalized spacial score (nSPS) is 23.1. The van der Waals surface area contributed by atoms with E-state index in [2.05, 4.69) is 114 Å². The van der Waals surface area contributed by atoms with Gasteiger partial charge in [0.1, 0.15) is 18.7 Å². The molecule has 0 unspecified atom stereocenters. The molecule has 0 aliphatic carbocycles. The van der Waals surface area contributed by atoms with Gasteiger partial charge in [0, 0.05) is 34.3 Å². The number of rotatable bonds is 3. The quantitative estimate of drug-likeness (QED) is 0.459. The molecule has 2 saturated heterocycles. The Morgan fingerprint density at radius 2 is 1.26 bits per heavy atom. The van der Waals surface area contributed by atoms with Crippen LogP contribution in [0.4, 0.5) is 11.6 Å². The van der Waals surface area contributed by atoms with E-state index in [0.29, 0.717) is 0 Å². The molecule has 4 nitrogen and oxygen atoms in total. The lowest BCUT2D eigenvalue weighted by Crippen LogP contribution is -2.60. The van der Waals surface area contributed by atoms with E-state index >= 15 is 0 Å². The summed E-state index contributed by atoms with van der Waals surface area (Å²) in [6.45, 7) is 21.5. The second-order valence-electron chi connectivity index (χ2n) is 13.3. The molecule has 0 bridgehead atoms. The summed E-state index contributed by atoms with van der Waals surface area (Å²) in [7, 11) is 2.15. The van der Waals surface area contributed by atoms with Gasteiger partial charge in [0.2, 0.25) is 5.69 Å². The number of nitrogens with zero attached hydrogens (tertiary/aromatic N) is 4. The van der Waals surface area contributed by atoms with Crippen molar-refractivity contribution < 1.29 is 4.57 Å². The van der Waals surface area contributed by atoms with E-state index in [0.717, 1.165) is 11.6 Å². The van der Waals surface area contributed by atoms with E-state index in [1.165, 1.54) is 55.3 Å². The van der Waals surface area contributed by atoms with Crippen LogP contribution in [0.15, 0.2) is 30.5 Å². The van der Waals surface area contributed by atoms with Crippen molar-refractivity contribution in [1.29, 1.82) is 0 Å². The van der Waals surface area contributed by atoms with Crippen molar-refractivity contribution in [2.75, 3.05) is 9.80 Å². The van der Waals surface area contributed by atoms with Crippen LogP contribution in [0.2, 0.25) is 0 Å². The first-order chi connectivity index (χ1) is 15.7. The molecule has 2 aliphatic rings. The fourth-order valence-electron chi connectivity index (χ4n) is 7.20. The lowest BCUT2D eigenvalue weighted by atomic mass is 9.78. The van der Waals surface area contributed by atoms with Gasteiger partial charge < -0.3 is 9.80 Å². The lowest BCUT2D eigenvalue weighted by molar-refractivity contribution is -0.660. The Bertz CT molecular complexity index is 1030. The summed E-state index contributed by atoms with van der Waals surface area (Å²) in [5, 5.41) is 0. The minimum atomic E-state index is 0.0366. The van der Waals surface area contributed by atoms with Crippen molar-refractivity contribution in [3.8, 4) is 11.3 Å². The Kier molecular flexibility index (Phi) is 6.06. The van der Waals surface area contributed by atoms with Crippen molar-refractivity contribution in [1.82, 2.24) is 4.98 Å². The van der Waals surface area contributed by atoms with Crippen LogP contribution < -0.4 is 14.4 Å². The molecule has 2 aromatic rings. The maximum absolute atomic E-state index is 5.62. The van der Waals surface area contributed by atoms with Gasteiger partial charge in [0.05, 0.1) is 5.56 Å². The minimum absolute atomic E-state index is 0.0366. The molecule has 0 atom stereocenters. The molecule has 186 valence electrons. The molecule has 2 fully saturated rings. The van der Waals surface area contributed by atoms with Crippen molar-refractivity contribution in [3.63, 3.8) is 0 Å². The first kappa shape index (κ1) is 25.0. The summed E-state index contributed by atoms with van der Waals surface area (Å²) < 4.78 is 2.24. The number of hydrogen-bond acceptors (Lipinski definition) is 3. The van der Waals surface area contributed by atoms with Crippen LogP contribution in [0.5, 0.6) is 0 Å². The first-order valence-electron chi connectivity index (χ1n) is 13.2. The molecule has 34 heavy (non-hydrogen) atoms. The van der Waals surface area contributed by atoms with Crippen molar-refractivity contribution >= 4 is 11.6 Å². The zero-order chi connectivity index (χ0) is 25.1. The number of hydrogen-bond donors (Lipinski definition) is 0. The Morgan fingerprint density at radius 3 is 1.76 bits per heavy atom. The Hall–Kier alpha value is -2.10. The number of aryl methyl sites for hydroxylation is 2. The third kappa shape index (κ3) is 4.22. The van der Waals surface area contributed by atoms with Gasteiger partial charge in [-0.1, -0.05) is 0 Å². The predicted octanol–water partition coefficient (Wildman–Crippen LogP) is 6.98. The molecule has 0 radical (unpaired) electrons. The standard InChI is InChI=1S/C30H47N4/c1-22-21-24(33-27(2,3)16-13-17-28(33,4)5)31-26(25(22)23-15-11-12-20-32(23)10)34-29(6,7)18-14-19-30(34,8)9/h11-12,15,20-21H,13-14,16-19H2,1-10H3/q+1. The summed E-state index contributed by atoms with van der Waals surface area (Å²) in [5.41, 5.74) is 4.01. The van der Waals surface area contributed by atoms with Crippen molar-refractivity contribution in [2.45, 2.75) is 123 Å².